The van der Waals surface area contributed by atoms with E-state index in [0.29, 0.717) is 44.1 Å². The topological polar surface area (TPSA) is 69.3 Å². The molecule has 0 unspecified atom stereocenters. The summed E-state index contributed by atoms with van der Waals surface area (Å²) in [7, 11) is 0. The van der Waals surface area contributed by atoms with Crippen LogP contribution in [0.2, 0.25) is 10.0 Å². The zero-order valence-electron chi connectivity index (χ0n) is 13.6. The second kappa shape index (κ2) is 6.60. The predicted molar refractivity (Wildman–Crippen MR) is 105 cm³/mol. The molecule has 1 aliphatic heterocycles. The van der Waals surface area contributed by atoms with E-state index in [9.17, 15) is 0 Å². The van der Waals surface area contributed by atoms with Crippen LogP contribution in [0.3, 0.4) is 0 Å². The van der Waals surface area contributed by atoms with Crippen molar-refractivity contribution >= 4 is 40.7 Å². The molecule has 0 aliphatic carbocycles. The molecule has 0 amide bonds. The normalized spacial score (nSPS) is 13.5. The number of furan rings is 2. The smallest absolute Gasteiger partial charge is 0.221 e. The SMILES string of the molecule is Clc1ccc(-c2ccc(C3=Nn4c(nnc4-c4ccco4)SC3)o2)cc1Cl. The first-order valence-corrected chi connectivity index (χ1v) is 9.69. The van der Waals surface area contributed by atoms with Crippen LogP contribution in [0.4, 0.5) is 0 Å². The predicted octanol–water partition coefficient (Wildman–Crippen LogP) is 5.46. The maximum atomic E-state index is 6.10. The van der Waals surface area contributed by atoms with E-state index >= 15 is 0 Å². The summed E-state index contributed by atoms with van der Waals surface area (Å²) in [4.78, 5) is 0. The lowest BCUT2D eigenvalue weighted by molar-refractivity contribution is 0.565. The molecule has 5 rings (SSSR count). The summed E-state index contributed by atoms with van der Waals surface area (Å²) in [6.45, 7) is 0. The first-order chi connectivity index (χ1) is 13.2. The Labute approximate surface area is 167 Å². The number of fused-ring (bicyclic) bond motifs is 1. The van der Waals surface area contributed by atoms with Crippen molar-refractivity contribution in [2.45, 2.75) is 5.16 Å². The molecule has 6 nitrogen and oxygen atoms in total. The molecule has 1 aliphatic rings. The Bertz CT molecular complexity index is 1160. The highest BCUT2D eigenvalue weighted by molar-refractivity contribution is 7.99. The van der Waals surface area contributed by atoms with Gasteiger partial charge in [-0.15, -0.1) is 10.2 Å². The number of hydrogen-bond acceptors (Lipinski definition) is 6. The lowest BCUT2D eigenvalue weighted by Crippen LogP contribution is -2.13. The molecule has 3 aromatic heterocycles. The molecule has 1 aromatic carbocycles. The number of halogens is 2. The molecule has 9 heteroatoms. The van der Waals surface area contributed by atoms with Crippen LogP contribution >= 0.6 is 35.0 Å². The molecule has 0 N–H and O–H groups in total. The minimum atomic E-state index is 0.481. The number of rotatable bonds is 3. The second-order valence-electron chi connectivity index (χ2n) is 5.72. The summed E-state index contributed by atoms with van der Waals surface area (Å²) in [5.74, 6) is 3.15. The molecule has 134 valence electrons. The van der Waals surface area contributed by atoms with Crippen LogP contribution in [0.1, 0.15) is 5.76 Å². The van der Waals surface area contributed by atoms with Gasteiger partial charge in [-0.25, -0.2) is 0 Å². The van der Waals surface area contributed by atoms with Crippen LogP contribution in [-0.4, -0.2) is 26.3 Å². The highest BCUT2D eigenvalue weighted by atomic mass is 35.5. The highest BCUT2D eigenvalue weighted by Gasteiger charge is 2.23. The number of nitrogens with zero attached hydrogens (tertiary/aromatic N) is 4. The lowest BCUT2D eigenvalue weighted by atomic mass is 10.2. The second-order valence-corrected chi connectivity index (χ2v) is 7.48. The summed E-state index contributed by atoms with van der Waals surface area (Å²) in [5, 5.41) is 14.7. The maximum absolute atomic E-state index is 6.10. The van der Waals surface area contributed by atoms with E-state index < -0.39 is 0 Å². The van der Waals surface area contributed by atoms with Crippen LogP contribution in [-0.2, 0) is 0 Å². The van der Waals surface area contributed by atoms with Crippen LogP contribution < -0.4 is 0 Å². The monoisotopic (exact) mass is 416 g/mol. The van der Waals surface area contributed by atoms with Gasteiger partial charge in [-0.2, -0.15) is 9.78 Å². The van der Waals surface area contributed by atoms with Crippen molar-refractivity contribution in [3.05, 3.63) is 64.5 Å². The number of benzene rings is 1. The van der Waals surface area contributed by atoms with Gasteiger partial charge in [0.05, 0.1) is 16.3 Å². The van der Waals surface area contributed by atoms with Crippen molar-refractivity contribution in [2.24, 2.45) is 5.10 Å². The van der Waals surface area contributed by atoms with E-state index in [4.69, 9.17) is 32.0 Å². The molecule has 4 aromatic rings. The van der Waals surface area contributed by atoms with Crippen LogP contribution in [0.5, 0.6) is 0 Å². The molecule has 27 heavy (non-hydrogen) atoms. The number of thioether (sulfide) groups is 1. The fraction of sp³-hybridized carbons (Fsp3) is 0.0556. The maximum Gasteiger partial charge on any atom is 0.221 e. The fourth-order valence-corrected chi connectivity index (χ4v) is 3.82. The van der Waals surface area contributed by atoms with Crippen molar-refractivity contribution in [3.63, 3.8) is 0 Å². The Morgan fingerprint density at radius 3 is 2.67 bits per heavy atom. The van der Waals surface area contributed by atoms with Gasteiger partial charge in [-0.1, -0.05) is 35.0 Å². The summed E-state index contributed by atoms with van der Waals surface area (Å²) < 4.78 is 13.1. The van der Waals surface area contributed by atoms with Gasteiger partial charge in [0.2, 0.25) is 11.0 Å². The van der Waals surface area contributed by atoms with Crippen molar-refractivity contribution in [1.29, 1.82) is 0 Å². The Balaban J connectivity index is 1.51. The van der Waals surface area contributed by atoms with Gasteiger partial charge in [0.1, 0.15) is 11.5 Å². The van der Waals surface area contributed by atoms with E-state index in [0.717, 1.165) is 11.3 Å². The molecule has 0 saturated carbocycles. The fourth-order valence-electron chi connectivity index (χ4n) is 2.71. The summed E-state index contributed by atoms with van der Waals surface area (Å²) in [6, 6.07) is 12.8. The Hall–Kier alpha value is -2.48. The minimum absolute atomic E-state index is 0.481. The van der Waals surface area contributed by atoms with Gasteiger partial charge in [-0.3, -0.25) is 0 Å². The molecule has 0 saturated heterocycles. The van der Waals surface area contributed by atoms with Gasteiger partial charge in [0, 0.05) is 11.3 Å². The Morgan fingerprint density at radius 1 is 0.963 bits per heavy atom. The quantitative estimate of drug-likeness (QED) is 0.443. The van der Waals surface area contributed by atoms with Gasteiger partial charge in [0.25, 0.3) is 0 Å². The van der Waals surface area contributed by atoms with Gasteiger partial charge < -0.3 is 8.83 Å². The summed E-state index contributed by atoms with van der Waals surface area (Å²) >= 11 is 13.6. The van der Waals surface area contributed by atoms with E-state index in [2.05, 4.69) is 15.3 Å². The van der Waals surface area contributed by atoms with Gasteiger partial charge in [0.15, 0.2) is 11.5 Å². The number of aromatic nitrogens is 3. The molecule has 0 spiro atoms. The van der Waals surface area contributed by atoms with Crippen LogP contribution in [0.25, 0.3) is 22.9 Å². The molecular formula is C18H10Cl2N4O2S. The molecular weight excluding hydrogens is 407 g/mol. The molecule has 0 fully saturated rings. The average Bonchev–Trinajstić information content (AvgIpc) is 3.43. The molecule has 0 bridgehead atoms. The van der Waals surface area contributed by atoms with Crippen molar-refractivity contribution < 1.29 is 8.83 Å². The van der Waals surface area contributed by atoms with Crippen LogP contribution in [0.15, 0.2) is 67.8 Å². The average molecular weight is 417 g/mol. The molecule has 0 radical (unpaired) electrons. The third-order valence-corrected chi connectivity index (χ3v) is 5.68. The molecule has 0 atom stereocenters. The highest BCUT2D eigenvalue weighted by Crippen LogP contribution is 2.32. The number of hydrogen-bond donors (Lipinski definition) is 0. The summed E-state index contributed by atoms with van der Waals surface area (Å²) in [5.41, 5.74) is 1.63. The van der Waals surface area contributed by atoms with Gasteiger partial charge >= 0.3 is 0 Å². The van der Waals surface area contributed by atoms with E-state index in [-0.39, 0.29) is 0 Å². The van der Waals surface area contributed by atoms with Crippen molar-refractivity contribution in [3.8, 4) is 22.9 Å². The van der Waals surface area contributed by atoms with E-state index in [1.165, 1.54) is 11.8 Å². The lowest BCUT2D eigenvalue weighted by Gasteiger charge is -2.11. The van der Waals surface area contributed by atoms with Crippen LogP contribution in [0, 0.1) is 0 Å². The zero-order valence-corrected chi connectivity index (χ0v) is 15.9. The first-order valence-electron chi connectivity index (χ1n) is 7.94. The zero-order chi connectivity index (χ0) is 18.4. The Kier molecular flexibility index (Phi) is 4.07. The largest absolute Gasteiger partial charge is 0.461 e. The first kappa shape index (κ1) is 16.7. The standard InChI is InChI=1S/C18H10Cl2N4O2S/c19-11-4-3-10(8-12(11)20)14-5-6-15(26-14)13-9-27-18-22-21-17(24(18)23-13)16-2-1-7-25-16/h1-8H,9H2. The third kappa shape index (κ3) is 2.97. The van der Waals surface area contributed by atoms with Crippen molar-refractivity contribution in [1.82, 2.24) is 14.9 Å². The van der Waals surface area contributed by atoms with Gasteiger partial charge in [-0.05, 0) is 42.5 Å². The minimum Gasteiger partial charge on any atom is -0.461 e. The summed E-state index contributed by atoms with van der Waals surface area (Å²) in [6.07, 6.45) is 1.59. The van der Waals surface area contributed by atoms with Crippen molar-refractivity contribution in [2.75, 3.05) is 5.75 Å². The Morgan fingerprint density at radius 2 is 1.85 bits per heavy atom. The van der Waals surface area contributed by atoms with E-state index in [1.807, 2.05) is 24.3 Å². The van der Waals surface area contributed by atoms with E-state index in [1.54, 1.807) is 29.1 Å². The molecule has 4 heterocycles. The third-order valence-electron chi connectivity index (χ3n) is 4.01.